The molecule has 1 heterocycles. The maximum atomic E-state index is 11.2. The zero-order valence-electron chi connectivity index (χ0n) is 11.7. The van der Waals surface area contributed by atoms with Crippen molar-refractivity contribution in [1.29, 1.82) is 0 Å². The molecule has 1 aromatic heterocycles. The molecule has 1 N–H and O–H groups in total. The van der Waals surface area contributed by atoms with Gasteiger partial charge in [0.15, 0.2) is 0 Å². The maximum Gasteiger partial charge on any atom is 0.285 e. The molecule has 0 aliphatic heterocycles. The van der Waals surface area contributed by atoms with Gasteiger partial charge in [0.05, 0.1) is 32.9 Å². The van der Waals surface area contributed by atoms with Gasteiger partial charge in [0, 0.05) is 11.6 Å². The highest BCUT2D eigenvalue weighted by atomic mass is 16.6. The molecule has 0 aliphatic carbocycles. The van der Waals surface area contributed by atoms with Crippen LogP contribution in [-0.4, -0.2) is 20.0 Å². The molecule has 0 saturated carbocycles. The second kappa shape index (κ2) is 5.68. The molecule has 0 fully saturated rings. The summed E-state index contributed by atoms with van der Waals surface area (Å²) in [4.78, 5) is 20.7. The molecule has 0 saturated heterocycles. The van der Waals surface area contributed by atoms with Crippen LogP contribution >= 0.6 is 0 Å². The van der Waals surface area contributed by atoms with Gasteiger partial charge in [-0.25, -0.2) is 0 Å². The lowest BCUT2D eigenvalue weighted by molar-refractivity contribution is -0.393. The highest BCUT2D eigenvalue weighted by Gasteiger charge is 2.21. The highest BCUT2D eigenvalue weighted by Crippen LogP contribution is 2.33. The zero-order chi connectivity index (χ0) is 16.4. The smallest absolute Gasteiger partial charge is 0.277 e. The predicted octanol–water partition coefficient (Wildman–Crippen LogP) is 3.56. The molecule has 0 atom stereocenters. The van der Waals surface area contributed by atoms with Gasteiger partial charge < -0.3 is 0 Å². The Morgan fingerprint density at radius 3 is 2.30 bits per heavy atom. The molecule has 23 heavy (non-hydrogen) atoms. The first-order valence-electron chi connectivity index (χ1n) is 6.60. The fraction of sp³-hybridized carbons (Fsp3) is 0. The first kappa shape index (κ1) is 14.4. The topological polar surface area (TPSA) is 115 Å². The second-order valence-corrected chi connectivity index (χ2v) is 4.75. The molecule has 0 spiro atoms. The lowest BCUT2D eigenvalue weighted by Crippen LogP contribution is -1.95. The van der Waals surface area contributed by atoms with Crippen LogP contribution in [0.15, 0.2) is 54.6 Å². The van der Waals surface area contributed by atoms with Crippen LogP contribution in [0.25, 0.3) is 22.5 Å². The number of aromatic amines is 1. The number of nitrogens with zero attached hydrogens (tertiary/aromatic N) is 3. The lowest BCUT2D eigenvalue weighted by atomic mass is 10.1. The number of nitro groups is 2. The summed E-state index contributed by atoms with van der Waals surface area (Å²) >= 11 is 0. The van der Waals surface area contributed by atoms with Crippen LogP contribution in [0.5, 0.6) is 0 Å². The summed E-state index contributed by atoms with van der Waals surface area (Å²) in [6.45, 7) is 0. The Kier molecular flexibility index (Phi) is 3.55. The van der Waals surface area contributed by atoms with E-state index in [2.05, 4.69) is 10.2 Å². The number of nitrogens with one attached hydrogen (secondary N) is 1. The quantitative estimate of drug-likeness (QED) is 0.584. The van der Waals surface area contributed by atoms with E-state index in [4.69, 9.17) is 0 Å². The number of non-ortho nitro benzene ring substituents is 1. The Bertz CT molecular complexity index is 890. The Morgan fingerprint density at radius 2 is 1.65 bits per heavy atom. The fourth-order valence-corrected chi connectivity index (χ4v) is 2.23. The highest BCUT2D eigenvalue weighted by molar-refractivity contribution is 5.76. The SMILES string of the molecule is O=[N+]([O-])c1ccc(-c2cc(-c3ccccc3)n[nH]2)c([N+](=O)[O-])c1. The normalized spacial score (nSPS) is 10.4. The number of aromatic nitrogens is 2. The maximum absolute atomic E-state index is 11.2. The summed E-state index contributed by atoms with van der Waals surface area (Å²) in [5, 5.41) is 28.9. The fourth-order valence-electron chi connectivity index (χ4n) is 2.23. The Labute approximate surface area is 129 Å². The van der Waals surface area contributed by atoms with E-state index in [0.29, 0.717) is 11.4 Å². The summed E-state index contributed by atoms with van der Waals surface area (Å²) < 4.78 is 0. The first-order chi connectivity index (χ1) is 11.1. The van der Waals surface area contributed by atoms with Crippen molar-refractivity contribution in [3.05, 3.63) is 74.8 Å². The van der Waals surface area contributed by atoms with Crippen molar-refractivity contribution >= 4 is 11.4 Å². The van der Waals surface area contributed by atoms with E-state index in [1.54, 1.807) is 6.07 Å². The van der Waals surface area contributed by atoms with Gasteiger partial charge in [-0.3, -0.25) is 25.3 Å². The van der Waals surface area contributed by atoms with E-state index in [1.807, 2.05) is 30.3 Å². The number of hydrogen-bond donors (Lipinski definition) is 1. The van der Waals surface area contributed by atoms with Crippen LogP contribution in [0.4, 0.5) is 11.4 Å². The molecule has 0 radical (unpaired) electrons. The van der Waals surface area contributed by atoms with Crippen molar-refractivity contribution in [2.45, 2.75) is 0 Å². The first-order valence-corrected chi connectivity index (χ1v) is 6.60. The van der Waals surface area contributed by atoms with Gasteiger partial charge in [0.25, 0.3) is 11.4 Å². The molecule has 8 heteroatoms. The summed E-state index contributed by atoms with van der Waals surface area (Å²) in [7, 11) is 0. The molecular weight excluding hydrogens is 300 g/mol. The summed E-state index contributed by atoms with van der Waals surface area (Å²) in [6, 6.07) is 14.5. The zero-order valence-corrected chi connectivity index (χ0v) is 11.7. The van der Waals surface area contributed by atoms with E-state index < -0.39 is 9.85 Å². The van der Waals surface area contributed by atoms with Crippen molar-refractivity contribution in [3.63, 3.8) is 0 Å². The molecule has 0 bridgehead atoms. The van der Waals surface area contributed by atoms with Crippen LogP contribution in [0, 0.1) is 20.2 Å². The largest absolute Gasteiger partial charge is 0.285 e. The third kappa shape index (κ3) is 2.77. The van der Waals surface area contributed by atoms with Gasteiger partial charge in [0.2, 0.25) is 0 Å². The van der Waals surface area contributed by atoms with Gasteiger partial charge in [-0.1, -0.05) is 30.3 Å². The molecule has 2 aromatic carbocycles. The lowest BCUT2D eigenvalue weighted by Gasteiger charge is -2.00. The van der Waals surface area contributed by atoms with E-state index in [0.717, 1.165) is 11.6 Å². The van der Waals surface area contributed by atoms with Gasteiger partial charge in [-0.15, -0.1) is 0 Å². The second-order valence-electron chi connectivity index (χ2n) is 4.75. The number of H-pyrrole nitrogens is 1. The number of nitro benzene ring substituents is 2. The number of hydrogen-bond acceptors (Lipinski definition) is 5. The van der Waals surface area contributed by atoms with Crippen LogP contribution < -0.4 is 0 Å². The monoisotopic (exact) mass is 310 g/mol. The Hall–Kier alpha value is -3.55. The molecule has 0 aliphatic rings. The molecule has 3 aromatic rings. The van der Waals surface area contributed by atoms with Crippen molar-refractivity contribution in [1.82, 2.24) is 10.2 Å². The molecular formula is C15H10N4O4. The Balaban J connectivity index is 2.07. The van der Waals surface area contributed by atoms with Gasteiger partial charge >= 0.3 is 0 Å². The average Bonchev–Trinajstić information content (AvgIpc) is 3.04. The van der Waals surface area contributed by atoms with E-state index in [9.17, 15) is 20.2 Å². The van der Waals surface area contributed by atoms with Gasteiger partial charge in [0.1, 0.15) is 0 Å². The van der Waals surface area contributed by atoms with E-state index in [1.165, 1.54) is 12.1 Å². The number of benzene rings is 2. The summed E-state index contributed by atoms with van der Waals surface area (Å²) in [5.74, 6) is 0. The van der Waals surface area contributed by atoms with E-state index in [-0.39, 0.29) is 16.9 Å². The van der Waals surface area contributed by atoms with Crippen molar-refractivity contribution in [2.75, 3.05) is 0 Å². The predicted molar refractivity (Wildman–Crippen MR) is 82.8 cm³/mol. The van der Waals surface area contributed by atoms with Crippen molar-refractivity contribution < 1.29 is 9.85 Å². The van der Waals surface area contributed by atoms with E-state index >= 15 is 0 Å². The van der Waals surface area contributed by atoms with Crippen LogP contribution in [0.2, 0.25) is 0 Å². The average molecular weight is 310 g/mol. The minimum absolute atomic E-state index is 0.246. The summed E-state index contributed by atoms with van der Waals surface area (Å²) in [6.07, 6.45) is 0. The molecule has 0 amide bonds. The molecule has 8 nitrogen and oxygen atoms in total. The van der Waals surface area contributed by atoms with Crippen molar-refractivity contribution in [2.24, 2.45) is 0 Å². The minimum atomic E-state index is -0.668. The summed E-state index contributed by atoms with van der Waals surface area (Å²) in [5.41, 5.74) is 1.49. The standard InChI is InChI=1S/C15H10N4O4/c20-18(21)11-6-7-12(15(8-11)19(22)23)14-9-13(16-17-14)10-4-2-1-3-5-10/h1-9H,(H,16,17). The third-order valence-electron chi connectivity index (χ3n) is 3.33. The van der Waals surface area contributed by atoms with Crippen LogP contribution in [0.3, 0.4) is 0 Å². The van der Waals surface area contributed by atoms with Crippen LogP contribution in [0.1, 0.15) is 0 Å². The Morgan fingerprint density at radius 1 is 0.913 bits per heavy atom. The molecule has 0 unspecified atom stereocenters. The van der Waals surface area contributed by atoms with Gasteiger partial charge in [-0.2, -0.15) is 5.10 Å². The van der Waals surface area contributed by atoms with Gasteiger partial charge in [-0.05, 0) is 12.1 Å². The van der Waals surface area contributed by atoms with Crippen LogP contribution in [-0.2, 0) is 0 Å². The van der Waals surface area contributed by atoms with Crippen molar-refractivity contribution in [3.8, 4) is 22.5 Å². The molecule has 114 valence electrons. The molecule has 3 rings (SSSR count). The minimum Gasteiger partial charge on any atom is -0.277 e. The number of rotatable bonds is 4. The third-order valence-corrected chi connectivity index (χ3v) is 3.33.